The van der Waals surface area contributed by atoms with Gasteiger partial charge in [-0.3, -0.25) is 5.43 Å². The van der Waals surface area contributed by atoms with Gasteiger partial charge in [0.2, 0.25) is 0 Å². The smallest absolute Gasteiger partial charge is 0.339 e. The number of hydrazone groups is 1. The van der Waals surface area contributed by atoms with Crippen LogP contribution in [-0.2, 0) is 10.1 Å². The highest BCUT2D eigenvalue weighted by Gasteiger charge is 2.16. The van der Waals surface area contributed by atoms with Crippen molar-refractivity contribution in [3.8, 4) is 5.75 Å². The molecule has 0 spiro atoms. The fraction of sp³-hybridized carbons (Fsp3) is 0.0500. The first-order valence-corrected chi connectivity index (χ1v) is 9.39. The Bertz CT molecular complexity index is 999. The number of anilines is 1. The molecule has 0 radical (unpaired) electrons. The zero-order valence-corrected chi connectivity index (χ0v) is 15.0. The van der Waals surface area contributed by atoms with Crippen molar-refractivity contribution in [3.05, 3.63) is 90.0 Å². The van der Waals surface area contributed by atoms with Gasteiger partial charge in [0, 0.05) is 0 Å². The van der Waals surface area contributed by atoms with Gasteiger partial charge in [-0.15, -0.1) is 0 Å². The molecule has 0 aromatic heterocycles. The van der Waals surface area contributed by atoms with Crippen LogP contribution in [0.1, 0.15) is 11.1 Å². The van der Waals surface area contributed by atoms with E-state index < -0.39 is 10.1 Å². The van der Waals surface area contributed by atoms with E-state index in [9.17, 15) is 8.42 Å². The van der Waals surface area contributed by atoms with Crippen LogP contribution in [0.5, 0.6) is 5.75 Å². The number of hydrogen-bond acceptors (Lipinski definition) is 5. The Morgan fingerprint density at radius 3 is 2.38 bits per heavy atom. The highest BCUT2D eigenvalue weighted by Crippen LogP contribution is 2.19. The third kappa shape index (κ3) is 4.70. The second-order valence-electron chi connectivity index (χ2n) is 5.66. The highest BCUT2D eigenvalue weighted by molar-refractivity contribution is 7.87. The third-order valence-corrected chi connectivity index (χ3v) is 4.82. The maximum absolute atomic E-state index is 12.4. The molecule has 0 bridgehead atoms. The molecular formula is C20H18N2O3S. The summed E-state index contributed by atoms with van der Waals surface area (Å²) in [5.74, 6) is 0.231. The predicted molar refractivity (Wildman–Crippen MR) is 103 cm³/mol. The lowest BCUT2D eigenvalue weighted by Crippen LogP contribution is -2.09. The lowest BCUT2D eigenvalue weighted by atomic mass is 10.2. The van der Waals surface area contributed by atoms with Gasteiger partial charge in [0.1, 0.15) is 10.6 Å². The van der Waals surface area contributed by atoms with Crippen molar-refractivity contribution in [1.82, 2.24) is 0 Å². The molecule has 3 rings (SSSR count). The van der Waals surface area contributed by atoms with Crippen molar-refractivity contribution >= 4 is 22.0 Å². The summed E-state index contributed by atoms with van der Waals surface area (Å²) in [7, 11) is -3.87. The summed E-state index contributed by atoms with van der Waals surface area (Å²) in [4.78, 5) is 0.118. The molecule has 3 aromatic carbocycles. The third-order valence-electron chi connectivity index (χ3n) is 3.55. The number of rotatable bonds is 6. The predicted octanol–water partition coefficient (Wildman–Crippen LogP) is 4.21. The largest absolute Gasteiger partial charge is 0.379 e. The Morgan fingerprint density at radius 1 is 0.923 bits per heavy atom. The summed E-state index contributed by atoms with van der Waals surface area (Å²) in [6, 6.07) is 22.8. The van der Waals surface area contributed by atoms with Gasteiger partial charge in [-0.25, -0.2) is 0 Å². The van der Waals surface area contributed by atoms with Crippen LogP contribution < -0.4 is 9.61 Å². The maximum Gasteiger partial charge on any atom is 0.339 e. The minimum Gasteiger partial charge on any atom is -0.379 e. The molecule has 0 saturated heterocycles. The van der Waals surface area contributed by atoms with Gasteiger partial charge in [0.05, 0.1) is 11.9 Å². The SMILES string of the molecule is Cc1ccc(S(=O)(=O)Oc2cccc(/C=N\Nc3ccccc3)c2)cc1. The Hall–Kier alpha value is -3.12. The van der Waals surface area contributed by atoms with E-state index in [0.717, 1.165) is 11.3 Å². The van der Waals surface area contributed by atoms with Gasteiger partial charge in [0.15, 0.2) is 0 Å². The summed E-state index contributed by atoms with van der Waals surface area (Å²) >= 11 is 0. The van der Waals surface area contributed by atoms with Gasteiger partial charge >= 0.3 is 10.1 Å². The Balaban J connectivity index is 1.71. The summed E-state index contributed by atoms with van der Waals surface area (Å²) in [5, 5.41) is 4.14. The normalized spacial score (nSPS) is 11.4. The molecule has 26 heavy (non-hydrogen) atoms. The molecule has 0 aliphatic carbocycles. The second-order valence-corrected chi connectivity index (χ2v) is 7.21. The fourth-order valence-electron chi connectivity index (χ4n) is 2.22. The first-order chi connectivity index (χ1) is 12.5. The molecule has 5 nitrogen and oxygen atoms in total. The Morgan fingerprint density at radius 2 is 1.65 bits per heavy atom. The van der Waals surface area contributed by atoms with Crippen molar-refractivity contribution in [2.24, 2.45) is 5.10 Å². The van der Waals surface area contributed by atoms with E-state index in [2.05, 4.69) is 10.5 Å². The molecule has 0 aliphatic heterocycles. The van der Waals surface area contributed by atoms with Crippen LogP contribution in [0.2, 0.25) is 0 Å². The highest BCUT2D eigenvalue weighted by atomic mass is 32.2. The molecule has 0 aliphatic rings. The molecule has 132 valence electrons. The van der Waals surface area contributed by atoms with Crippen LogP contribution >= 0.6 is 0 Å². The van der Waals surface area contributed by atoms with Crippen molar-refractivity contribution in [2.75, 3.05) is 5.43 Å². The van der Waals surface area contributed by atoms with E-state index >= 15 is 0 Å². The standard InChI is InChI=1S/C20H18N2O3S/c1-16-10-12-20(13-11-16)26(23,24)25-19-9-5-6-17(14-19)15-21-22-18-7-3-2-4-8-18/h2-15,22H,1H3/b21-15-. The van der Waals surface area contributed by atoms with E-state index in [1.54, 1.807) is 36.5 Å². The molecule has 0 heterocycles. The minimum absolute atomic E-state index is 0.118. The Kier molecular flexibility index (Phi) is 5.34. The molecule has 0 unspecified atom stereocenters. The molecular weight excluding hydrogens is 348 g/mol. The first kappa shape index (κ1) is 17.7. The van der Waals surface area contributed by atoms with E-state index in [1.807, 2.05) is 43.3 Å². The Labute approximate surface area is 153 Å². The molecule has 0 fully saturated rings. The van der Waals surface area contributed by atoms with E-state index in [-0.39, 0.29) is 10.6 Å². The maximum atomic E-state index is 12.4. The zero-order valence-electron chi connectivity index (χ0n) is 14.2. The van der Waals surface area contributed by atoms with Crippen LogP contribution in [0.15, 0.2) is 88.9 Å². The topological polar surface area (TPSA) is 67.8 Å². The van der Waals surface area contributed by atoms with Crippen LogP contribution in [0, 0.1) is 6.92 Å². The van der Waals surface area contributed by atoms with Crippen molar-refractivity contribution < 1.29 is 12.6 Å². The van der Waals surface area contributed by atoms with Gasteiger partial charge in [-0.2, -0.15) is 13.5 Å². The lowest BCUT2D eigenvalue weighted by Gasteiger charge is -2.08. The quantitative estimate of drug-likeness (QED) is 0.403. The number of nitrogens with zero attached hydrogens (tertiary/aromatic N) is 1. The fourth-order valence-corrected chi connectivity index (χ4v) is 3.14. The van der Waals surface area contributed by atoms with E-state index in [1.165, 1.54) is 12.1 Å². The molecule has 1 N–H and O–H groups in total. The summed E-state index contributed by atoms with van der Waals surface area (Å²) in [5.41, 5.74) is 5.45. The molecule has 6 heteroatoms. The zero-order chi connectivity index (χ0) is 18.4. The number of aryl methyl sites for hydroxylation is 1. The summed E-state index contributed by atoms with van der Waals surface area (Å²) < 4.78 is 29.9. The van der Waals surface area contributed by atoms with Crippen LogP contribution in [0.25, 0.3) is 0 Å². The average molecular weight is 366 g/mol. The minimum atomic E-state index is -3.87. The number of nitrogens with one attached hydrogen (secondary N) is 1. The van der Waals surface area contributed by atoms with Crippen molar-refractivity contribution in [1.29, 1.82) is 0 Å². The van der Waals surface area contributed by atoms with Gasteiger partial charge in [-0.1, -0.05) is 48.0 Å². The van der Waals surface area contributed by atoms with Crippen LogP contribution in [0.4, 0.5) is 5.69 Å². The second kappa shape index (κ2) is 7.84. The first-order valence-electron chi connectivity index (χ1n) is 7.98. The molecule has 3 aromatic rings. The number of hydrogen-bond donors (Lipinski definition) is 1. The molecule has 0 saturated carbocycles. The monoisotopic (exact) mass is 366 g/mol. The molecule has 0 atom stereocenters. The lowest BCUT2D eigenvalue weighted by molar-refractivity contribution is 0.486. The number of benzene rings is 3. The van der Waals surface area contributed by atoms with E-state index in [4.69, 9.17) is 4.18 Å². The summed E-state index contributed by atoms with van der Waals surface area (Å²) in [6.45, 7) is 1.89. The van der Waals surface area contributed by atoms with Gasteiger partial charge < -0.3 is 4.18 Å². The molecule has 0 amide bonds. The van der Waals surface area contributed by atoms with Gasteiger partial charge in [-0.05, 0) is 48.9 Å². The summed E-state index contributed by atoms with van der Waals surface area (Å²) in [6.07, 6.45) is 1.60. The van der Waals surface area contributed by atoms with Crippen molar-refractivity contribution in [2.45, 2.75) is 11.8 Å². The van der Waals surface area contributed by atoms with Crippen molar-refractivity contribution in [3.63, 3.8) is 0 Å². The van der Waals surface area contributed by atoms with Crippen LogP contribution in [-0.4, -0.2) is 14.6 Å². The van der Waals surface area contributed by atoms with E-state index in [0.29, 0.717) is 5.56 Å². The number of para-hydroxylation sites is 1. The average Bonchev–Trinajstić information content (AvgIpc) is 2.63. The van der Waals surface area contributed by atoms with Gasteiger partial charge in [0.25, 0.3) is 0 Å². The van der Waals surface area contributed by atoms with Crippen LogP contribution in [0.3, 0.4) is 0 Å².